The molecule has 21 heavy (non-hydrogen) atoms. The van der Waals surface area contributed by atoms with Crippen molar-refractivity contribution in [3.05, 3.63) is 33.8 Å². The Hall–Kier alpha value is -0.570. The molecular weight excluding hydrogens is 305 g/mol. The Morgan fingerprint density at radius 1 is 1.24 bits per heavy atom. The van der Waals surface area contributed by atoms with E-state index in [9.17, 15) is 4.79 Å². The lowest BCUT2D eigenvalue weighted by Crippen LogP contribution is -2.46. The fraction of sp³-hybridized carbons (Fsp3) is 0.588. The Morgan fingerprint density at radius 3 is 2.57 bits per heavy atom. The maximum atomic E-state index is 13.0. The van der Waals surface area contributed by atoms with Gasteiger partial charge >= 0.3 is 0 Å². The highest BCUT2D eigenvalue weighted by Crippen LogP contribution is 2.69. The van der Waals surface area contributed by atoms with Gasteiger partial charge in [0.05, 0.1) is 15.5 Å². The van der Waals surface area contributed by atoms with Crippen LogP contribution >= 0.6 is 23.2 Å². The zero-order valence-electron chi connectivity index (χ0n) is 12.7. The van der Waals surface area contributed by atoms with Crippen LogP contribution < -0.4 is 5.32 Å². The molecule has 0 bridgehead atoms. The monoisotopic (exact) mass is 325 g/mol. The van der Waals surface area contributed by atoms with E-state index < -0.39 is 0 Å². The van der Waals surface area contributed by atoms with Gasteiger partial charge in [-0.1, -0.05) is 50.0 Å². The molecule has 1 aliphatic carbocycles. The smallest absolute Gasteiger partial charge is 0.146 e. The molecule has 1 heterocycles. The Labute approximate surface area is 136 Å². The van der Waals surface area contributed by atoms with Crippen molar-refractivity contribution in [2.45, 2.75) is 39.0 Å². The summed E-state index contributed by atoms with van der Waals surface area (Å²) in [6.45, 7) is 7.74. The summed E-state index contributed by atoms with van der Waals surface area (Å²) in [4.78, 5) is 13.0. The topological polar surface area (TPSA) is 29.1 Å². The average Bonchev–Trinajstić information content (AvgIpc) is 3.11. The van der Waals surface area contributed by atoms with Gasteiger partial charge in [0.2, 0.25) is 0 Å². The molecule has 1 aromatic carbocycles. The molecule has 1 saturated heterocycles. The van der Waals surface area contributed by atoms with Crippen molar-refractivity contribution >= 4 is 29.0 Å². The van der Waals surface area contributed by atoms with Crippen LogP contribution in [0.1, 0.15) is 39.2 Å². The molecule has 4 heteroatoms. The van der Waals surface area contributed by atoms with Gasteiger partial charge in [0, 0.05) is 17.4 Å². The molecule has 1 aliphatic heterocycles. The van der Waals surface area contributed by atoms with E-state index in [4.69, 9.17) is 23.2 Å². The molecule has 2 fully saturated rings. The van der Waals surface area contributed by atoms with Crippen molar-refractivity contribution in [1.29, 1.82) is 0 Å². The quantitative estimate of drug-likeness (QED) is 0.881. The number of piperidine rings is 1. The summed E-state index contributed by atoms with van der Waals surface area (Å²) in [7, 11) is 0. The van der Waals surface area contributed by atoms with E-state index in [0.29, 0.717) is 15.8 Å². The summed E-state index contributed by atoms with van der Waals surface area (Å²) in [5, 5.41) is 4.55. The third kappa shape index (κ3) is 2.15. The van der Waals surface area contributed by atoms with Gasteiger partial charge in [0.1, 0.15) is 5.78 Å². The normalized spacial score (nSPS) is 31.7. The Kier molecular flexibility index (Phi) is 3.44. The number of nitrogens with one attached hydrogen (secondary N) is 1. The maximum absolute atomic E-state index is 13.0. The largest absolute Gasteiger partial charge is 0.316 e. The first kappa shape index (κ1) is 15.3. The lowest BCUT2D eigenvalue weighted by atomic mass is 9.72. The van der Waals surface area contributed by atoms with Gasteiger partial charge < -0.3 is 5.32 Å². The minimum absolute atomic E-state index is 0.0587. The number of fused-ring (bicyclic) bond motifs is 1. The maximum Gasteiger partial charge on any atom is 0.146 e. The van der Waals surface area contributed by atoms with Crippen molar-refractivity contribution in [2.75, 3.05) is 13.1 Å². The first-order valence-corrected chi connectivity index (χ1v) is 8.20. The van der Waals surface area contributed by atoms with Crippen molar-refractivity contribution < 1.29 is 4.79 Å². The second-order valence-electron chi connectivity index (χ2n) is 7.48. The summed E-state index contributed by atoms with van der Waals surface area (Å²) in [5.74, 6) is 0.355. The number of Topliss-reactive ketones (excluding diaryl/α,β-unsaturated/α-hetero) is 1. The average molecular weight is 326 g/mol. The Bertz CT molecular complexity index is 607. The molecule has 0 amide bonds. The van der Waals surface area contributed by atoms with E-state index in [1.165, 1.54) is 0 Å². The van der Waals surface area contributed by atoms with E-state index in [0.717, 1.165) is 31.5 Å². The number of carbonyl (C=O) groups is 1. The van der Waals surface area contributed by atoms with Gasteiger partial charge in [-0.3, -0.25) is 4.79 Å². The molecule has 1 N–H and O–H groups in total. The molecule has 3 rings (SSSR count). The predicted octanol–water partition coefficient (Wildman–Crippen LogP) is 4.23. The number of hydrogen-bond donors (Lipinski definition) is 1. The number of halogens is 2. The Morgan fingerprint density at radius 2 is 1.95 bits per heavy atom. The van der Waals surface area contributed by atoms with Gasteiger partial charge in [-0.2, -0.15) is 0 Å². The third-order valence-corrected chi connectivity index (χ3v) is 5.88. The summed E-state index contributed by atoms with van der Waals surface area (Å²) in [6, 6.07) is 5.84. The molecule has 0 aromatic heterocycles. The fourth-order valence-corrected chi connectivity index (χ4v) is 4.34. The number of carbonyl (C=O) groups excluding carboxylic acids is 1. The first-order chi connectivity index (χ1) is 9.73. The molecule has 2 atom stereocenters. The van der Waals surface area contributed by atoms with Gasteiger partial charge in [-0.25, -0.2) is 0 Å². The summed E-state index contributed by atoms with van der Waals surface area (Å²) in [6.07, 6.45) is 1.90. The Balaban J connectivity index is 2.04. The summed E-state index contributed by atoms with van der Waals surface area (Å²) >= 11 is 12.2. The number of hydrogen-bond acceptors (Lipinski definition) is 2. The van der Waals surface area contributed by atoms with Crippen LogP contribution in [0.2, 0.25) is 10.0 Å². The van der Waals surface area contributed by atoms with E-state index in [1.54, 1.807) is 0 Å². The molecule has 0 spiro atoms. The van der Waals surface area contributed by atoms with Crippen LogP contribution in [0, 0.1) is 10.8 Å². The van der Waals surface area contributed by atoms with Crippen LogP contribution in [0.4, 0.5) is 0 Å². The highest BCUT2D eigenvalue weighted by Gasteiger charge is 2.73. The van der Waals surface area contributed by atoms with Crippen LogP contribution in [-0.2, 0) is 10.2 Å². The standard InChI is InChI=1S/C17H21Cl2NO/c1-15(2,3)14(21)17-9-16(17,6-7-20-10-17)11-4-5-12(18)13(19)8-11/h4-5,8,20H,6-7,9-10H2,1-3H3. The fourth-order valence-electron chi connectivity index (χ4n) is 4.05. The number of ketones is 1. The van der Waals surface area contributed by atoms with E-state index in [2.05, 4.69) is 5.32 Å². The van der Waals surface area contributed by atoms with Crippen LogP contribution in [-0.4, -0.2) is 18.9 Å². The molecule has 114 valence electrons. The van der Waals surface area contributed by atoms with E-state index in [1.807, 2.05) is 39.0 Å². The lowest BCUT2D eigenvalue weighted by molar-refractivity contribution is -0.133. The van der Waals surface area contributed by atoms with Crippen molar-refractivity contribution in [3.63, 3.8) is 0 Å². The lowest BCUT2D eigenvalue weighted by Gasteiger charge is -2.34. The molecule has 0 radical (unpaired) electrons. The van der Waals surface area contributed by atoms with Gasteiger partial charge in [-0.15, -0.1) is 0 Å². The molecule has 2 unspecified atom stereocenters. The van der Waals surface area contributed by atoms with E-state index in [-0.39, 0.29) is 16.2 Å². The second-order valence-corrected chi connectivity index (χ2v) is 8.29. The zero-order chi connectivity index (χ0) is 15.5. The minimum Gasteiger partial charge on any atom is -0.316 e. The SMILES string of the molecule is CC(C)(C)C(=O)C12CNCCC1(c1ccc(Cl)c(Cl)c1)C2. The van der Waals surface area contributed by atoms with E-state index >= 15 is 0 Å². The first-order valence-electron chi connectivity index (χ1n) is 7.44. The van der Waals surface area contributed by atoms with Crippen molar-refractivity contribution in [1.82, 2.24) is 5.32 Å². The van der Waals surface area contributed by atoms with Crippen LogP contribution in [0.5, 0.6) is 0 Å². The van der Waals surface area contributed by atoms with Gasteiger partial charge in [0.15, 0.2) is 0 Å². The van der Waals surface area contributed by atoms with Crippen LogP contribution in [0.15, 0.2) is 18.2 Å². The molecule has 2 aliphatic rings. The van der Waals surface area contributed by atoms with Crippen molar-refractivity contribution in [3.8, 4) is 0 Å². The molecular formula is C17H21Cl2NO. The molecule has 1 saturated carbocycles. The summed E-state index contributed by atoms with van der Waals surface area (Å²) < 4.78 is 0. The van der Waals surface area contributed by atoms with Crippen molar-refractivity contribution in [2.24, 2.45) is 10.8 Å². The number of benzene rings is 1. The van der Waals surface area contributed by atoms with Gasteiger partial charge in [0.25, 0.3) is 0 Å². The number of rotatable bonds is 2. The second kappa shape index (κ2) is 4.71. The van der Waals surface area contributed by atoms with Crippen LogP contribution in [0.25, 0.3) is 0 Å². The third-order valence-electron chi connectivity index (χ3n) is 5.14. The predicted molar refractivity (Wildman–Crippen MR) is 87.1 cm³/mol. The molecule has 2 nitrogen and oxygen atoms in total. The van der Waals surface area contributed by atoms with Gasteiger partial charge in [-0.05, 0) is 37.1 Å². The zero-order valence-corrected chi connectivity index (χ0v) is 14.2. The molecule has 1 aromatic rings. The highest BCUT2D eigenvalue weighted by atomic mass is 35.5. The summed E-state index contributed by atoms with van der Waals surface area (Å²) in [5.41, 5.74) is 0.505. The highest BCUT2D eigenvalue weighted by molar-refractivity contribution is 6.42. The van der Waals surface area contributed by atoms with Crippen LogP contribution in [0.3, 0.4) is 0 Å². The minimum atomic E-state index is -0.322.